The Morgan fingerprint density at radius 2 is 2.15 bits per heavy atom. The van der Waals surface area contributed by atoms with E-state index < -0.39 is 4.92 Å². The molecule has 0 spiro atoms. The summed E-state index contributed by atoms with van der Waals surface area (Å²) in [5.74, 6) is 0.725. The molecule has 0 radical (unpaired) electrons. The Hall–Kier alpha value is -2.11. The molecule has 0 aromatic carbocycles. The average molecular weight is 395 g/mol. The molecule has 1 saturated heterocycles. The Morgan fingerprint density at radius 1 is 1.41 bits per heavy atom. The molecule has 148 valence electrons. The molecular weight excluding hydrogens is 370 g/mol. The van der Waals surface area contributed by atoms with Crippen LogP contribution in [0.25, 0.3) is 0 Å². The van der Waals surface area contributed by atoms with E-state index >= 15 is 0 Å². The van der Waals surface area contributed by atoms with Crippen LogP contribution in [0, 0.1) is 21.8 Å². The van der Waals surface area contributed by atoms with Gasteiger partial charge in [-0.1, -0.05) is 6.92 Å². The molecule has 0 bridgehead atoms. The van der Waals surface area contributed by atoms with Crippen LogP contribution in [0.5, 0.6) is 0 Å². The van der Waals surface area contributed by atoms with Gasteiger partial charge in [-0.2, -0.15) is 9.78 Å². The largest absolute Gasteiger partial charge is 0.390 e. The van der Waals surface area contributed by atoms with Crippen molar-refractivity contribution in [2.45, 2.75) is 39.3 Å². The minimum atomic E-state index is -0.476. The van der Waals surface area contributed by atoms with E-state index in [1.165, 1.54) is 6.07 Å². The fourth-order valence-electron chi connectivity index (χ4n) is 3.31. The van der Waals surface area contributed by atoms with E-state index in [9.17, 15) is 10.1 Å². The van der Waals surface area contributed by atoms with Gasteiger partial charge in [-0.25, -0.2) is 0 Å². The molecule has 2 aromatic heterocycles. The zero-order valence-electron chi connectivity index (χ0n) is 15.6. The summed E-state index contributed by atoms with van der Waals surface area (Å²) in [4.78, 5) is 12.8. The monoisotopic (exact) mass is 395 g/mol. The van der Waals surface area contributed by atoms with Gasteiger partial charge in [0.1, 0.15) is 5.82 Å². The summed E-state index contributed by atoms with van der Waals surface area (Å²) in [5.41, 5.74) is 0.751. The third-order valence-electron chi connectivity index (χ3n) is 4.79. The second-order valence-corrected chi connectivity index (χ2v) is 7.22. The van der Waals surface area contributed by atoms with Crippen LogP contribution in [-0.2, 0) is 17.8 Å². The zero-order chi connectivity index (χ0) is 19.4. The third-order valence-corrected chi connectivity index (χ3v) is 5.10. The van der Waals surface area contributed by atoms with Crippen LogP contribution >= 0.6 is 12.2 Å². The van der Waals surface area contributed by atoms with Crippen LogP contribution in [0.3, 0.4) is 0 Å². The molecule has 27 heavy (non-hydrogen) atoms. The number of nitrogens with zero attached hydrogens (tertiary/aromatic N) is 6. The Balaban J connectivity index is 1.64. The summed E-state index contributed by atoms with van der Waals surface area (Å²) >= 11 is 5.39. The van der Waals surface area contributed by atoms with Crippen molar-refractivity contribution in [1.82, 2.24) is 29.4 Å². The van der Waals surface area contributed by atoms with Crippen LogP contribution in [0.2, 0.25) is 0 Å². The Labute approximate surface area is 162 Å². The van der Waals surface area contributed by atoms with Crippen molar-refractivity contribution in [2.24, 2.45) is 0 Å². The van der Waals surface area contributed by atoms with Crippen molar-refractivity contribution in [2.75, 3.05) is 32.8 Å². The number of rotatable bonds is 8. The maximum Gasteiger partial charge on any atom is 0.390 e. The highest BCUT2D eigenvalue weighted by Crippen LogP contribution is 2.19. The minimum Gasteiger partial charge on any atom is -0.379 e. The van der Waals surface area contributed by atoms with Gasteiger partial charge in [0, 0.05) is 32.1 Å². The van der Waals surface area contributed by atoms with Gasteiger partial charge < -0.3 is 19.4 Å². The summed E-state index contributed by atoms with van der Waals surface area (Å²) in [6.07, 6.45) is 0.972. The van der Waals surface area contributed by atoms with Crippen LogP contribution in [0.15, 0.2) is 6.07 Å². The molecule has 1 unspecified atom stereocenters. The van der Waals surface area contributed by atoms with Gasteiger partial charge in [-0.05, 0) is 30.5 Å². The number of nitro groups is 1. The lowest BCUT2D eigenvalue weighted by Gasteiger charge is -2.26. The SMILES string of the molecule is Cc1cc([N+](=O)[O-])nn1CC(C)c1n[nH]c(=S)n1CCCN1CCOCC1. The molecule has 10 nitrogen and oxygen atoms in total. The summed E-state index contributed by atoms with van der Waals surface area (Å²) in [6, 6.07) is 1.48. The normalized spacial score (nSPS) is 16.5. The van der Waals surface area contributed by atoms with Crippen molar-refractivity contribution >= 4 is 18.0 Å². The standard InChI is InChI=1S/C16H25N7O3S/c1-12(11-22-13(2)10-14(19-22)23(24)25)15-17-18-16(27)21(15)5-3-4-20-6-8-26-9-7-20/h10,12H,3-9,11H2,1-2H3,(H,18,27). The highest BCUT2D eigenvalue weighted by Gasteiger charge is 2.21. The Morgan fingerprint density at radius 3 is 2.81 bits per heavy atom. The predicted octanol–water partition coefficient (Wildman–Crippen LogP) is 1.88. The van der Waals surface area contributed by atoms with E-state index in [-0.39, 0.29) is 11.7 Å². The summed E-state index contributed by atoms with van der Waals surface area (Å²) in [6.45, 7) is 9.64. The maximum absolute atomic E-state index is 10.9. The number of ether oxygens (including phenoxy) is 1. The number of aromatic nitrogens is 5. The highest BCUT2D eigenvalue weighted by atomic mass is 32.1. The summed E-state index contributed by atoms with van der Waals surface area (Å²) in [7, 11) is 0. The Kier molecular flexibility index (Phi) is 6.34. The molecule has 0 saturated carbocycles. The first-order valence-corrected chi connectivity index (χ1v) is 9.50. The number of H-pyrrole nitrogens is 1. The average Bonchev–Trinajstić information content (AvgIpc) is 3.19. The van der Waals surface area contributed by atoms with E-state index in [0.29, 0.717) is 11.3 Å². The quantitative estimate of drug-likeness (QED) is 0.413. The van der Waals surface area contributed by atoms with E-state index in [4.69, 9.17) is 17.0 Å². The predicted molar refractivity (Wildman–Crippen MR) is 101 cm³/mol. The van der Waals surface area contributed by atoms with E-state index in [0.717, 1.165) is 57.3 Å². The van der Waals surface area contributed by atoms with Crippen LogP contribution < -0.4 is 0 Å². The number of hydrogen-bond acceptors (Lipinski definition) is 7. The second-order valence-electron chi connectivity index (χ2n) is 6.83. The van der Waals surface area contributed by atoms with Crippen molar-refractivity contribution in [1.29, 1.82) is 0 Å². The van der Waals surface area contributed by atoms with Crippen LogP contribution in [-0.4, -0.2) is 67.2 Å². The van der Waals surface area contributed by atoms with Crippen LogP contribution in [0.1, 0.15) is 30.8 Å². The first kappa shape index (κ1) is 19.6. The van der Waals surface area contributed by atoms with E-state index in [1.54, 1.807) is 4.68 Å². The van der Waals surface area contributed by atoms with E-state index in [2.05, 4.69) is 20.2 Å². The second kappa shape index (κ2) is 8.72. The molecule has 1 atom stereocenters. The number of aromatic amines is 1. The van der Waals surface area contributed by atoms with Crippen molar-refractivity contribution in [3.8, 4) is 0 Å². The third kappa shape index (κ3) is 4.79. The lowest BCUT2D eigenvalue weighted by Crippen LogP contribution is -2.37. The molecule has 1 fully saturated rings. The molecular formula is C16H25N7O3S. The molecule has 2 aromatic rings. The summed E-state index contributed by atoms with van der Waals surface area (Å²) in [5, 5.41) is 22.2. The molecule has 3 rings (SSSR count). The fourth-order valence-corrected chi connectivity index (χ4v) is 3.54. The number of morpholine rings is 1. The Bertz CT molecular complexity index is 837. The van der Waals surface area contributed by atoms with Crippen molar-refractivity contribution in [3.63, 3.8) is 0 Å². The van der Waals surface area contributed by atoms with Gasteiger partial charge in [-0.15, -0.1) is 0 Å². The van der Waals surface area contributed by atoms with Gasteiger partial charge in [0.05, 0.1) is 36.6 Å². The lowest BCUT2D eigenvalue weighted by atomic mass is 10.1. The first-order chi connectivity index (χ1) is 13.0. The smallest absolute Gasteiger partial charge is 0.379 e. The van der Waals surface area contributed by atoms with Crippen molar-refractivity contribution in [3.05, 3.63) is 32.5 Å². The fraction of sp³-hybridized carbons (Fsp3) is 0.688. The number of aryl methyl sites for hydroxylation is 1. The van der Waals surface area contributed by atoms with Crippen LogP contribution in [0.4, 0.5) is 5.82 Å². The van der Waals surface area contributed by atoms with Gasteiger partial charge in [0.15, 0.2) is 4.77 Å². The molecule has 0 aliphatic carbocycles. The first-order valence-electron chi connectivity index (χ1n) is 9.09. The molecule has 1 aliphatic heterocycles. The molecule has 1 N–H and O–H groups in total. The minimum absolute atomic E-state index is 0.0135. The lowest BCUT2D eigenvalue weighted by molar-refractivity contribution is -0.389. The topological polar surface area (TPSA) is 107 Å². The van der Waals surface area contributed by atoms with Gasteiger partial charge >= 0.3 is 5.82 Å². The highest BCUT2D eigenvalue weighted by molar-refractivity contribution is 7.71. The van der Waals surface area contributed by atoms with Gasteiger partial charge in [-0.3, -0.25) is 10.00 Å². The molecule has 11 heteroatoms. The number of nitrogens with one attached hydrogen (secondary N) is 1. The van der Waals surface area contributed by atoms with Crippen molar-refractivity contribution < 1.29 is 9.66 Å². The summed E-state index contributed by atoms with van der Waals surface area (Å²) < 4.78 is 9.65. The zero-order valence-corrected chi connectivity index (χ0v) is 16.4. The molecule has 0 amide bonds. The molecule has 3 heterocycles. The van der Waals surface area contributed by atoms with Gasteiger partial charge in [0.2, 0.25) is 0 Å². The molecule has 1 aliphatic rings. The van der Waals surface area contributed by atoms with E-state index in [1.807, 2.05) is 18.4 Å². The maximum atomic E-state index is 10.9. The van der Waals surface area contributed by atoms with Gasteiger partial charge in [0.25, 0.3) is 0 Å². The number of hydrogen-bond donors (Lipinski definition) is 1.